The van der Waals surface area contributed by atoms with E-state index < -0.39 is 0 Å². The number of hydrogen-bond donors (Lipinski definition) is 1. The molecule has 2 rings (SSSR count). The maximum absolute atomic E-state index is 12.4. The van der Waals surface area contributed by atoms with Crippen LogP contribution in [0.15, 0.2) is 42.6 Å². The fourth-order valence-electron chi connectivity index (χ4n) is 2.20. The molecule has 116 valence electrons. The molecule has 1 heterocycles. The highest BCUT2D eigenvalue weighted by Crippen LogP contribution is 2.17. The molecule has 0 saturated heterocycles. The fourth-order valence-corrected chi connectivity index (χ4v) is 2.20. The molecule has 0 aliphatic heterocycles. The lowest BCUT2D eigenvalue weighted by Gasteiger charge is -2.19. The van der Waals surface area contributed by atoms with Gasteiger partial charge in [0.05, 0.1) is 0 Å². The maximum Gasteiger partial charge on any atom is 0.274 e. The quantitative estimate of drug-likeness (QED) is 0.880. The Hall–Kier alpha value is -2.36. The molecule has 4 nitrogen and oxygen atoms in total. The lowest BCUT2D eigenvalue weighted by atomic mass is 10.2. The standard InChI is InChI=1S/C18H23N3O/c1-4-5-12-21(3)15-10-11-19-17(13-15)18(22)20-16-9-7-6-8-14(16)2/h6-11,13H,4-5,12H2,1-3H3,(H,20,22). The molecule has 1 aromatic heterocycles. The number of hydrogen-bond acceptors (Lipinski definition) is 3. The summed E-state index contributed by atoms with van der Waals surface area (Å²) in [4.78, 5) is 18.7. The van der Waals surface area contributed by atoms with Crippen LogP contribution in [0.5, 0.6) is 0 Å². The monoisotopic (exact) mass is 297 g/mol. The highest BCUT2D eigenvalue weighted by Gasteiger charge is 2.11. The van der Waals surface area contributed by atoms with Gasteiger partial charge >= 0.3 is 0 Å². The minimum atomic E-state index is -0.181. The number of aromatic nitrogens is 1. The highest BCUT2D eigenvalue weighted by molar-refractivity contribution is 6.03. The molecular weight excluding hydrogens is 274 g/mol. The molecule has 0 radical (unpaired) electrons. The number of para-hydroxylation sites is 1. The molecule has 0 aliphatic rings. The van der Waals surface area contributed by atoms with Crippen LogP contribution in [0.2, 0.25) is 0 Å². The fraction of sp³-hybridized carbons (Fsp3) is 0.333. The third-order valence-corrected chi connectivity index (χ3v) is 3.66. The van der Waals surface area contributed by atoms with Crippen molar-refractivity contribution in [2.75, 3.05) is 23.8 Å². The van der Waals surface area contributed by atoms with E-state index in [1.807, 2.05) is 50.4 Å². The van der Waals surface area contributed by atoms with Gasteiger partial charge in [0.2, 0.25) is 0 Å². The Morgan fingerprint density at radius 3 is 2.77 bits per heavy atom. The van der Waals surface area contributed by atoms with Gasteiger partial charge in [0.1, 0.15) is 5.69 Å². The molecule has 22 heavy (non-hydrogen) atoms. The lowest BCUT2D eigenvalue weighted by molar-refractivity contribution is 0.102. The summed E-state index contributed by atoms with van der Waals surface area (Å²) in [5.74, 6) is -0.181. The van der Waals surface area contributed by atoms with E-state index in [1.165, 1.54) is 0 Å². The van der Waals surface area contributed by atoms with Crippen molar-refractivity contribution >= 4 is 17.3 Å². The first-order chi connectivity index (χ1) is 10.6. The van der Waals surface area contributed by atoms with Gasteiger partial charge in [-0.05, 0) is 37.1 Å². The Bertz CT molecular complexity index is 640. The van der Waals surface area contributed by atoms with Crippen molar-refractivity contribution in [3.05, 3.63) is 53.9 Å². The predicted molar refractivity (Wildman–Crippen MR) is 91.5 cm³/mol. The Balaban J connectivity index is 2.12. The Morgan fingerprint density at radius 2 is 2.05 bits per heavy atom. The lowest BCUT2D eigenvalue weighted by Crippen LogP contribution is -2.20. The van der Waals surface area contributed by atoms with E-state index in [0.717, 1.165) is 36.3 Å². The molecule has 0 saturated carbocycles. The average molecular weight is 297 g/mol. The number of rotatable bonds is 6. The van der Waals surface area contributed by atoms with E-state index in [2.05, 4.69) is 22.1 Å². The van der Waals surface area contributed by atoms with Crippen molar-refractivity contribution in [2.24, 2.45) is 0 Å². The van der Waals surface area contributed by atoms with Crippen LogP contribution in [0.25, 0.3) is 0 Å². The second-order valence-corrected chi connectivity index (χ2v) is 5.44. The molecule has 0 fully saturated rings. The summed E-state index contributed by atoms with van der Waals surface area (Å²) >= 11 is 0. The maximum atomic E-state index is 12.4. The van der Waals surface area contributed by atoms with E-state index in [0.29, 0.717) is 5.69 Å². The number of amides is 1. The predicted octanol–water partition coefficient (Wildman–Crippen LogP) is 3.88. The largest absolute Gasteiger partial charge is 0.374 e. The zero-order chi connectivity index (χ0) is 15.9. The second kappa shape index (κ2) is 7.59. The average Bonchev–Trinajstić information content (AvgIpc) is 2.54. The summed E-state index contributed by atoms with van der Waals surface area (Å²) in [5, 5.41) is 2.92. The molecule has 1 amide bonds. The highest BCUT2D eigenvalue weighted by atomic mass is 16.1. The zero-order valence-corrected chi connectivity index (χ0v) is 13.5. The minimum absolute atomic E-state index is 0.181. The van der Waals surface area contributed by atoms with E-state index in [4.69, 9.17) is 0 Å². The first-order valence-electron chi connectivity index (χ1n) is 7.66. The van der Waals surface area contributed by atoms with Gasteiger partial charge in [-0.25, -0.2) is 0 Å². The molecule has 0 bridgehead atoms. The molecule has 4 heteroatoms. The molecule has 2 aromatic rings. The van der Waals surface area contributed by atoms with Crippen LogP contribution in [0, 0.1) is 6.92 Å². The second-order valence-electron chi connectivity index (χ2n) is 5.44. The SMILES string of the molecule is CCCCN(C)c1ccnc(C(=O)Nc2ccccc2C)c1. The van der Waals surface area contributed by atoms with Crippen molar-refractivity contribution in [3.8, 4) is 0 Å². The third kappa shape index (κ3) is 4.07. The normalized spacial score (nSPS) is 10.3. The molecule has 1 aromatic carbocycles. The number of aryl methyl sites for hydroxylation is 1. The van der Waals surface area contributed by atoms with Crippen LogP contribution in [-0.2, 0) is 0 Å². The smallest absolute Gasteiger partial charge is 0.274 e. The first kappa shape index (κ1) is 16.0. The van der Waals surface area contributed by atoms with Gasteiger partial charge in [0.15, 0.2) is 0 Å². The first-order valence-corrected chi connectivity index (χ1v) is 7.66. The molecule has 1 N–H and O–H groups in total. The van der Waals surface area contributed by atoms with E-state index in [1.54, 1.807) is 6.20 Å². The molecule has 0 atom stereocenters. The number of carbonyl (C=O) groups excluding carboxylic acids is 1. The number of pyridine rings is 1. The van der Waals surface area contributed by atoms with Crippen LogP contribution >= 0.6 is 0 Å². The van der Waals surface area contributed by atoms with Crippen molar-refractivity contribution in [3.63, 3.8) is 0 Å². The van der Waals surface area contributed by atoms with Crippen molar-refractivity contribution < 1.29 is 4.79 Å². The minimum Gasteiger partial charge on any atom is -0.374 e. The van der Waals surface area contributed by atoms with E-state index >= 15 is 0 Å². The van der Waals surface area contributed by atoms with Crippen molar-refractivity contribution in [1.29, 1.82) is 0 Å². The van der Waals surface area contributed by atoms with Crippen LogP contribution in [0.4, 0.5) is 11.4 Å². The van der Waals surface area contributed by atoms with Gasteiger partial charge in [0, 0.05) is 31.2 Å². The number of benzene rings is 1. The van der Waals surface area contributed by atoms with Crippen molar-refractivity contribution in [2.45, 2.75) is 26.7 Å². The zero-order valence-electron chi connectivity index (χ0n) is 13.5. The summed E-state index contributed by atoms with van der Waals surface area (Å²) in [6.45, 7) is 5.11. The summed E-state index contributed by atoms with van der Waals surface area (Å²) in [7, 11) is 2.04. The van der Waals surface area contributed by atoms with Gasteiger partial charge < -0.3 is 10.2 Å². The molecule has 0 spiro atoms. The van der Waals surface area contributed by atoms with Gasteiger partial charge in [-0.2, -0.15) is 0 Å². The third-order valence-electron chi connectivity index (χ3n) is 3.66. The van der Waals surface area contributed by atoms with Gasteiger partial charge in [0.25, 0.3) is 5.91 Å². The van der Waals surface area contributed by atoms with Gasteiger partial charge in [-0.15, -0.1) is 0 Å². The number of anilines is 2. The van der Waals surface area contributed by atoms with Crippen LogP contribution in [0.1, 0.15) is 35.8 Å². The number of nitrogens with one attached hydrogen (secondary N) is 1. The number of unbranched alkanes of at least 4 members (excludes halogenated alkanes) is 1. The number of nitrogens with zero attached hydrogens (tertiary/aromatic N) is 2. The van der Waals surface area contributed by atoms with Gasteiger partial charge in [-0.1, -0.05) is 31.5 Å². The molecule has 0 unspecified atom stereocenters. The summed E-state index contributed by atoms with van der Waals surface area (Å²) in [6.07, 6.45) is 3.96. The molecular formula is C18H23N3O. The summed E-state index contributed by atoms with van der Waals surface area (Å²) in [6, 6.07) is 11.5. The number of carbonyl (C=O) groups is 1. The summed E-state index contributed by atoms with van der Waals surface area (Å²) < 4.78 is 0. The van der Waals surface area contributed by atoms with Crippen LogP contribution < -0.4 is 10.2 Å². The van der Waals surface area contributed by atoms with Crippen molar-refractivity contribution in [1.82, 2.24) is 4.98 Å². The molecule has 0 aliphatic carbocycles. The topological polar surface area (TPSA) is 45.2 Å². The van der Waals surface area contributed by atoms with Crippen LogP contribution in [-0.4, -0.2) is 24.5 Å². The Kier molecular flexibility index (Phi) is 5.53. The Morgan fingerprint density at radius 1 is 1.27 bits per heavy atom. The van der Waals surface area contributed by atoms with E-state index in [9.17, 15) is 4.79 Å². The summed E-state index contributed by atoms with van der Waals surface area (Å²) in [5.41, 5.74) is 3.30. The van der Waals surface area contributed by atoms with E-state index in [-0.39, 0.29) is 5.91 Å². The van der Waals surface area contributed by atoms with Crippen LogP contribution in [0.3, 0.4) is 0 Å². The Labute approximate surface area is 132 Å². The van der Waals surface area contributed by atoms with Gasteiger partial charge in [-0.3, -0.25) is 9.78 Å².